The number of aromatic nitrogens is 2. The Kier molecular flexibility index (Phi) is 4.49. The molecule has 0 fully saturated rings. The highest BCUT2D eigenvalue weighted by molar-refractivity contribution is 7.08. The van der Waals surface area contributed by atoms with Crippen LogP contribution >= 0.6 is 11.3 Å². The Balaban J connectivity index is 2.00. The van der Waals surface area contributed by atoms with E-state index in [0.717, 1.165) is 24.9 Å². The van der Waals surface area contributed by atoms with Crippen molar-refractivity contribution in [3.8, 4) is 11.4 Å². The van der Waals surface area contributed by atoms with Crippen LogP contribution in [0.3, 0.4) is 0 Å². The fraction of sp³-hybridized carbons (Fsp3) is 0.538. The van der Waals surface area contributed by atoms with Gasteiger partial charge in [-0.05, 0) is 37.8 Å². The average Bonchev–Trinajstić information content (AvgIpc) is 2.95. The monoisotopic (exact) mass is 265 g/mol. The van der Waals surface area contributed by atoms with Gasteiger partial charge in [0, 0.05) is 23.4 Å². The van der Waals surface area contributed by atoms with Crippen LogP contribution in [0.5, 0.6) is 0 Å². The summed E-state index contributed by atoms with van der Waals surface area (Å²) in [6.07, 6.45) is 1.91. The number of rotatable bonds is 6. The van der Waals surface area contributed by atoms with Crippen LogP contribution in [-0.4, -0.2) is 22.7 Å². The summed E-state index contributed by atoms with van der Waals surface area (Å²) >= 11 is 1.66. The topological polar surface area (TPSA) is 51.0 Å². The van der Waals surface area contributed by atoms with Gasteiger partial charge in [-0.2, -0.15) is 16.3 Å². The molecule has 0 saturated carbocycles. The average molecular weight is 265 g/mol. The standard InChI is InChI=1S/C13H19N3OS/c1-4-5-14-10(3)6-12-15-13(16-17-12)11-8-18-7-9(11)2/h7-8,10,14H,4-6H2,1-3H3. The molecule has 5 heteroatoms. The first kappa shape index (κ1) is 13.2. The molecule has 0 aliphatic carbocycles. The van der Waals surface area contributed by atoms with Crippen LogP contribution in [0.15, 0.2) is 15.3 Å². The third-order valence-electron chi connectivity index (χ3n) is 2.79. The molecule has 1 unspecified atom stereocenters. The summed E-state index contributed by atoms with van der Waals surface area (Å²) in [6.45, 7) is 7.37. The van der Waals surface area contributed by atoms with Crippen molar-refractivity contribution in [3.05, 3.63) is 22.2 Å². The minimum atomic E-state index is 0.363. The van der Waals surface area contributed by atoms with Gasteiger partial charge in [-0.3, -0.25) is 0 Å². The van der Waals surface area contributed by atoms with E-state index in [1.54, 1.807) is 11.3 Å². The number of hydrogen-bond donors (Lipinski definition) is 1. The molecule has 98 valence electrons. The summed E-state index contributed by atoms with van der Waals surface area (Å²) < 4.78 is 5.30. The molecule has 0 radical (unpaired) electrons. The maximum absolute atomic E-state index is 5.30. The Morgan fingerprint density at radius 1 is 1.44 bits per heavy atom. The van der Waals surface area contributed by atoms with Crippen molar-refractivity contribution >= 4 is 11.3 Å². The maximum atomic E-state index is 5.30. The van der Waals surface area contributed by atoms with Gasteiger partial charge in [0.15, 0.2) is 0 Å². The van der Waals surface area contributed by atoms with Crippen molar-refractivity contribution in [1.82, 2.24) is 15.5 Å². The maximum Gasteiger partial charge on any atom is 0.228 e. The van der Waals surface area contributed by atoms with Gasteiger partial charge in [-0.1, -0.05) is 12.1 Å². The Bertz CT molecular complexity index is 492. The van der Waals surface area contributed by atoms with E-state index in [1.165, 1.54) is 5.56 Å². The molecule has 0 aliphatic rings. The van der Waals surface area contributed by atoms with Gasteiger partial charge in [0.1, 0.15) is 0 Å². The first-order valence-electron chi connectivity index (χ1n) is 6.29. The van der Waals surface area contributed by atoms with E-state index in [0.29, 0.717) is 17.8 Å². The van der Waals surface area contributed by atoms with Crippen LogP contribution in [0.2, 0.25) is 0 Å². The largest absolute Gasteiger partial charge is 0.339 e. The van der Waals surface area contributed by atoms with Gasteiger partial charge >= 0.3 is 0 Å². The summed E-state index contributed by atoms with van der Waals surface area (Å²) in [5.41, 5.74) is 2.27. The summed E-state index contributed by atoms with van der Waals surface area (Å²) in [6, 6.07) is 0.363. The normalized spacial score (nSPS) is 12.8. The molecule has 1 atom stereocenters. The van der Waals surface area contributed by atoms with Crippen molar-refractivity contribution in [2.24, 2.45) is 0 Å². The van der Waals surface area contributed by atoms with E-state index in [2.05, 4.69) is 47.0 Å². The lowest BCUT2D eigenvalue weighted by atomic mass is 10.2. The smallest absolute Gasteiger partial charge is 0.228 e. The van der Waals surface area contributed by atoms with Crippen molar-refractivity contribution < 1.29 is 4.52 Å². The highest BCUT2D eigenvalue weighted by atomic mass is 32.1. The quantitative estimate of drug-likeness (QED) is 0.872. The van der Waals surface area contributed by atoms with Crippen LogP contribution < -0.4 is 5.32 Å². The molecule has 2 aromatic rings. The van der Waals surface area contributed by atoms with E-state index >= 15 is 0 Å². The van der Waals surface area contributed by atoms with Crippen LogP contribution in [0.4, 0.5) is 0 Å². The van der Waals surface area contributed by atoms with E-state index in [1.807, 2.05) is 0 Å². The third-order valence-corrected chi connectivity index (χ3v) is 3.65. The zero-order valence-electron chi connectivity index (χ0n) is 11.1. The lowest BCUT2D eigenvalue weighted by Gasteiger charge is -2.09. The van der Waals surface area contributed by atoms with Crippen LogP contribution in [0, 0.1) is 6.92 Å². The Morgan fingerprint density at radius 2 is 2.28 bits per heavy atom. The SMILES string of the molecule is CCCNC(C)Cc1nc(-c2cscc2C)no1. The van der Waals surface area contributed by atoms with Crippen molar-refractivity contribution in [2.45, 2.75) is 39.7 Å². The van der Waals surface area contributed by atoms with Crippen molar-refractivity contribution in [3.63, 3.8) is 0 Å². The van der Waals surface area contributed by atoms with E-state index in [9.17, 15) is 0 Å². The second-order valence-electron chi connectivity index (χ2n) is 4.54. The number of aryl methyl sites for hydroxylation is 1. The molecule has 2 aromatic heterocycles. The van der Waals surface area contributed by atoms with Crippen LogP contribution in [0.1, 0.15) is 31.7 Å². The van der Waals surface area contributed by atoms with Gasteiger partial charge in [-0.15, -0.1) is 0 Å². The molecular formula is C13H19N3OS. The first-order chi connectivity index (χ1) is 8.70. The number of nitrogens with zero attached hydrogens (tertiary/aromatic N) is 2. The lowest BCUT2D eigenvalue weighted by Crippen LogP contribution is -2.28. The van der Waals surface area contributed by atoms with Crippen LogP contribution in [-0.2, 0) is 6.42 Å². The second-order valence-corrected chi connectivity index (χ2v) is 5.28. The second kappa shape index (κ2) is 6.11. The molecule has 1 N–H and O–H groups in total. The molecule has 0 aromatic carbocycles. The Hall–Kier alpha value is -1.20. The van der Waals surface area contributed by atoms with Crippen molar-refractivity contribution in [2.75, 3.05) is 6.54 Å². The predicted molar refractivity (Wildman–Crippen MR) is 73.8 cm³/mol. The van der Waals surface area contributed by atoms with E-state index in [-0.39, 0.29) is 0 Å². The molecule has 0 aliphatic heterocycles. The Labute approximate surface area is 111 Å². The van der Waals surface area contributed by atoms with Gasteiger partial charge in [0.05, 0.1) is 0 Å². The molecule has 0 amide bonds. The fourth-order valence-corrected chi connectivity index (χ4v) is 2.59. The fourth-order valence-electron chi connectivity index (χ4n) is 1.76. The summed E-state index contributed by atoms with van der Waals surface area (Å²) in [5.74, 6) is 1.40. The molecule has 2 heterocycles. The zero-order chi connectivity index (χ0) is 13.0. The highest BCUT2D eigenvalue weighted by Crippen LogP contribution is 2.24. The molecule has 2 rings (SSSR count). The van der Waals surface area contributed by atoms with E-state index < -0.39 is 0 Å². The number of hydrogen-bond acceptors (Lipinski definition) is 5. The molecular weight excluding hydrogens is 246 g/mol. The van der Waals surface area contributed by atoms with Gasteiger partial charge in [-0.25, -0.2) is 0 Å². The molecule has 0 bridgehead atoms. The summed E-state index contributed by atoms with van der Waals surface area (Å²) in [4.78, 5) is 4.45. The van der Waals surface area contributed by atoms with Gasteiger partial charge in [0.2, 0.25) is 11.7 Å². The highest BCUT2D eigenvalue weighted by Gasteiger charge is 2.13. The zero-order valence-corrected chi connectivity index (χ0v) is 11.9. The minimum Gasteiger partial charge on any atom is -0.339 e. The van der Waals surface area contributed by atoms with Gasteiger partial charge in [0.25, 0.3) is 0 Å². The number of nitrogens with one attached hydrogen (secondary N) is 1. The van der Waals surface area contributed by atoms with Gasteiger partial charge < -0.3 is 9.84 Å². The van der Waals surface area contributed by atoms with Crippen molar-refractivity contribution in [1.29, 1.82) is 0 Å². The number of thiophene rings is 1. The molecule has 18 heavy (non-hydrogen) atoms. The molecule has 0 spiro atoms. The van der Waals surface area contributed by atoms with E-state index in [4.69, 9.17) is 4.52 Å². The summed E-state index contributed by atoms with van der Waals surface area (Å²) in [5, 5.41) is 11.6. The third kappa shape index (κ3) is 3.17. The first-order valence-corrected chi connectivity index (χ1v) is 7.24. The lowest BCUT2D eigenvalue weighted by molar-refractivity contribution is 0.362. The molecule has 4 nitrogen and oxygen atoms in total. The minimum absolute atomic E-state index is 0.363. The predicted octanol–water partition coefficient (Wildman–Crippen LogP) is 3.04. The Morgan fingerprint density at radius 3 is 2.94 bits per heavy atom. The van der Waals surface area contributed by atoms with Crippen LogP contribution in [0.25, 0.3) is 11.4 Å². The molecule has 0 saturated heterocycles. The summed E-state index contributed by atoms with van der Waals surface area (Å²) in [7, 11) is 0.